The van der Waals surface area contributed by atoms with E-state index in [4.69, 9.17) is 0 Å². The van der Waals surface area contributed by atoms with Crippen LogP contribution in [0.1, 0.15) is 71.1 Å². The van der Waals surface area contributed by atoms with E-state index < -0.39 is 0 Å². The van der Waals surface area contributed by atoms with E-state index in [1.54, 1.807) is 0 Å². The van der Waals surface area contributed by atoms with Crippen LogP contribution in [0.15, 0.2) is 0 Å². The second-order valence-corrected chi connectivity index (χ2v) is 9.44. The highest BCUT2D eigenvalue weighted by molar-refractivity contribution is 4.92. The molecule has 0 amide bonds. The second kappa shape index (κ2) is 9.36. The lowest BCUT2D eigenvalue weighted by Crippen LogP contribution is -2.58. The zero-order valence-electron chi connectivity index (χ0n) is 17.2. The van der Waals surface area contributed by atoms with Crippen LogP contribution in [0.4, 0.5) is 0 Å². The fourth-order valence-electron chi connectivity index (χ4n) is 6.19. The topological polar surface area (TPSA) is 21.8 Å². The predicted molar refractivity (Wildman–Crippen MR) is 109 cm³/mol. The predicted octanol–water partition coefficient (Wildman–Crippen LogP) is 3.14. The van der Waals surface area contributed by atoms with Crippen LogP contribution in [-0.4, -0.2) is 78.8 Å². The van der Waals surface area contributed by atoms with Gasteiger partial charge in [-0.05, 0) is 96.6 Å². The van der Waals surface area contributed by atoms with Crippen LogP contribution in [-0.2, 0) is 0 Å². The van der Waals surface area contributed by atoms with Gasteiger partial charge in [-0.2, -0.15) is 0 Å². The van der Waals surface area contributed by atoms with Gasteiger partial charge in [0.05, 0.1) is 6.17 Å². The summed E-state index contributed by atoms with van der Waals surface area (Å²) in [6, 6.07) is 1.55. The van der Waals surface area contributed by atoms with Crippen molar-refractivity contribution in [1.82, 2.24) is 20.0 Å². The normalized spacial score (nSPS) is 33.9. The minimum atomic E-state index is 0.687. The maximum atomic E-state index is 3.85. The Morgan fingerprint density at radius 1 is 0.769 bits per heavy atom. The van der Waals surface area contributed by atoms with Gasteiger partial charge in [-0.1, -0.05) is 19.8 Å². The lowest BCUT2D eigenvalue weighted by atomic mass is 9.83. The van der Waals surface area contributed by atoms with Crippen LogP contribution < -0.4 is 5.32 Å². The first-order chi connectivity index (χ1) is 12.8. The smallest absolute Gasteiger partial charge is 0.0753 e. The third-order valence-electron chi connectivity index (χ3n) is 7.78. The van der Waals surface area contributed by atoms with Crippen LogP contribution in [0.5, 0.6) is 0 Å². The third-order valence-corrected chi connectivity index (χ3v) is 7.78. The minimum Gasteiger partial charge on any atom is -0.314 e. The first-order valence-electron chi connectivity index (χ1n) is 11.8. The summed E-state index contributed by atoms with van der Waals surface area (Å²) in [5.41, 5.74) is 0. The highest BCUT2D eigenvalue weighted by Gasteiger charge is 2.37. The van der Waals surface area contributed by atoms with Crippen LogP contribution in [0.3, 0.4) is 0 Å². The Labute approximate surface area is 161 Å². The van der Waals surface area contributed by atoms with Crippen molar-refractivity contribution in [2.24, 2.45) is 5.92 Å². The maximum Gasteiger partial charge on any atom is 0.0753 e. The molecule has 1 N–H and O–H groups in total. The molecule has 4 saturated heterocycles. The number of hydrogen-bond acceptors (Lipinski definition) is 4. The Balaban J connectivity index is 1.43. The molecule has 0 spiro atoms. The Morgan fingerprint density at radius 3 is 2.00 bits per heavy atom. The Kier molecular flexibility index (Phi) is 6.90. The number of piperidine rings is 2. The van der Waals surface area contributed by atoms with E-state index >= 15 is 0 Å². The molecule has 3 unspecified atom stereocenters. The van der Waals surface area contributed by atoms with E-state index in [1.807, 2.05) is 0 Å². The molecule has 0 bridgehead atoms. The lowest BCUT2D eigenvalue weighted by molar-refractivity contribution is 0.00317. The molecule has 150 valence electrons. The third kappa shape index (κ3) is 4.45. The SMILES string of the molecule is CC(C1CCCCN1)C1CCCCN1CC(N1CCCC1)N1CCCC1. The van der Waals surface area contributed by atoms with Crippen molar-refractivity contribution in [1.29, 1.82) is 0 Å². The van der Waals surface area contributed by atoms with Gasteiger partial charge in [-0.25, -0.2) is 0 Å². The van der Waals surface area contributed by atoms with E-state index in [2.05, 4.69) is 26.9 Å². The summed E-state index contributed by atoms with van der Waals surface area (Å²) >= 11 is 0. The zero-order chi connectivity index (χ0) is 17.8. The molecule has 0 aromatic heterocycles. The van der Waals surface area contributed by atoms with Gasteiger partial charge < -0.3 is 5.32 Å². The summed E-state index contributed by atoms with van der Waals surface area (Å²) < 4.78 is 0. The van der Waals surface area contributed by atoms with Crippen LogP contribution >= 0.6 is 0 Å². The molecule has 4 aliphatic rings. The van der Waals surface area contributed by atoms with Gasteiger partial charge in [0, 0.05) is 18.6 Å². The molecule has 0 aromatic rings. The van der Waals surface area contributed by atoms with Crippen LogP contribution in [0, 0.1) is 5.92 Å². The number of likely N-dealkylation sites (tertiary alicyclic amines) is 3. The van der Waals surface area contributed by atoms with Crippen molar-refractivity contribution in [3.63, 3.8) is 0 Å². The first-order valence-corrected chi connectivity index (χ1v) is 11.8. The quantitative estimate of drug-likeness (QED) is 0.783. The number of rotatable bonds is 6. The highest BCUT2D eigenvalue weighted by Crippen LogP contribution is 2.30. The maximum absolute atomic E-state index is 3.85. The van der Waals surface area contributed by atoms with Crippen molar-refractivity contribution in [3.05, 3.63) is 0 Å². The lowest BCUT2D eigenvalue weighted by Gasteiger charge is -2.46. The van der Waals surface area contributed by atoms with Gasteiger partial charge in [-0.15, -0.1) is 0 Å². The molecule has 4 aliphatic heterocycles. The molecule has 4 heterocycles. The molecule has 26 heavy (non-hydrogen) atoms. The Bertz CT molecular complexity index is 394. The van der Waals surface area contributed by atoms with Crippen molar-refractivity contribution in [2.45, 2.75) is 89.4 Å². The molecule has 0 aromatic carbocycles. The molecule has 0 saturated carbocycles. The Hall–Kier alpha value is -0.160. The number of nitrogens with one attached hydrogen (secondary N) is 1. The van der Waals surface area contributed by atoms with Gasteiger partial charge in [-0.3, -0.25) is 14.7 Å². The number of hydrogen-bond donors (Lipinski definition) is 1. The molecular weight excluding hydrogens is 320 g/mol. The summed E-state index contributed by atoms with van der Waals surface area (Å²) in [6.45, 7) is 11.7. The summed E-state index contributed by atoms with van der Waals surface area (Å²) in [6.07, 6.45) is 14.8. The van der Waals surface area contributed by atoms with Gasteiger partial charge in [0.25, 0.3) is 0 Å². The molecule has 4 rings (SSSR count). The zero-order valence-corrected chi connectivity index (χ0v) is 17.2. The monoisotopic (exact) mass is 362 g/mol. The van der Waals surface area contributed by atoms with Gasteiger partial charge in [0.1, 0.15) is 0 Å². The van der Waals surface area contributed by atoms with Gasteiger partial charge >= 0.3 is 0 Å². The first kappa shape index (κ1) is 19.2. The van der Waals surface area contributed by atoms with E-state index in [9.17, 15) is 0 Å². The molecule has 4 heteroatoms. The molecule has 4 fully saturated rings. The van der Waals surface area contributed by atoms with Gasteiger partial charge in [0.15, 0.2) is 0 Å². The van der Waals surface area contributed by atoms with Crippen molar-refractivity contribution >= 4 is 0 Å². The average Bonchev–Trinajstić information content (AvgIpc) is 3.41. The van der Waals surface area contributed by atoms with Crippen molar-refractivity contribution in [2.75, 3.05) is 45.8 Å². The summed E-state index contributed by atoms with van der Waals surface area (Å²) in [5, 5.41) is 3.85. The summed E-state index contributed by atoms with van der Waals surface area (Å²) in [7, 11) is 0. The molecule has 3 atom stereocenters. The van der Waals surface area contributed by atoms with Crippen molar-refractivity contribution < 1.29 is 0 Å². The molecule has 0 radical (unpaired) electrons. The molecule has 4 nitrogen and oxygen atoms in total. The fraction of sp³-hybridized carbons (Fsp3) is 1.00. The standard InChI is InChI=1S/C22H42N4/c1-19(20-10-2-4-12-23-20)21-11-3-5-17-26(21)18-22(24-13-6-7-14-24)25-15-8-9-16-25/h19-23H,2-18H2,1H3. The number of nitrogens with zero attached hydrogens (tertiary/aromatic N) is 3. The average molecular weight is 363 g/mol. The molecular formula is C22H42N4. The summed E-state index contributed by atoms with van der Waals surface area (Å²) in [5.74, 6) is 0.799. The van der Waals surface area contributed by atoms with E-state index in [1.165, 1.54) is 110 Å². The molecule has 0 aliphatic carbocycles. The van der Waals surface area contributed by atoms with E-state index in [-0.39, 0.29) is 0 Å². The van der Waals surface area contributed by atoms with E-state index in [0.717, 1.165) is 18.0 Å². The summed E-state index contributed by atoms with van der Waals surface area (Å²) in [4.78, 5) is 8.56. The largest absolute Gasteiger partial charge is 0.314 e. The fourth-order valence-corrected chi connectivity index (χ4v) is 6.19. The van der Waals surface area contributed by atoms with E-state index in [0.29, 0.717) is 6.17 Å². The van der Waals surface area contributed by atoms with Gasteiger partial charge in [0.2, 0.25) is 0 Å². The van der Waals surface area contributed by atoms with Crippen molar-refractivity contribution in [3.8, 4) is 0 Å². The second-order valence-electron chi connectivity index (χ2n) is 9.44. The van der Waals surface area contributed by atoms with Crippen LogP contribution in [0.25, 0.3) is 0 Å². The minimum absolute atomic E-state index is 0.687. The highest BCUT2D eigenvalue weighted by atomic mass is 15.4. The Morgan fingerprint density at radius 2 is 1.38 bits per heavy atom. The van der Waals surface area contributed by atoms with Crippen LogP contribution in [0.2, 0.25) is 0 Å².